The number of sulfone groups is 1. The number of nitrogens with zero attached hydrogens (tertiary/aromatic N) is 2. The number of amides is 1. The Morgan fingerprint density at radius 1 is 1.28 bits per heavy atom. The Morgan fingerprint density at radius 3 is 2.78 bits per heavy atom. The highest BCUT2D eigenvalue weighted by Crippen LogP contribution is 2.60. The summed E-state index contributed by atoms with van der Waals surface area (Å²) in [5.74, 6) is 1.12. The molecule has 1 saturated carbocycles. The number of hydrogen-bond acceptors (Lipinski definition) is 6. The molecule has 1 N–H and O–H groups in total. The number of carbonyl (C=O) groups is 1. The van der Waals surface area contributed by atoms with E-state index in [2.05, 4.69) is 27.4 Å². The Kier molecular flexibility index (Phi) is 5.90. The molecule has 0 spiro atoms. The second-order valence-electron chi connectivity index (χ2n) is 8.59. The zero-order valence-corrected chi connectivity index (χ0v) is 19.2. The van der Waals surface area contributed by atoms with Crippen molar-refractivity contribution < 1.29 is 17.9 Å². The third-order valence-corrected chi connectivity index (χ3v) is 7.34. The highest BCUT2D eigenvalue weighted by atomic mass is 32.2. The van der Waals surface area contributed by atoms with Gasteiger partial charge in [-0.3, -0.25) is 4.79 Å². The van der Waals surface area contributed by atoms with E-state index < -0.39 is 9.84 Å². The fourth-order valence-corrected chi connectivity index (χ4v) is 4.98. The molecule has 0 bridgehead atoms. The molecule has 1 amide bonds. The van der Waals surface area contributed by atoms with Crippen molar-refractivity contribution >= 4 is 21.4 Å². The van der Waals surface area contributed by atoms with Gasteiger partial charge in [0.15, 0.2) is 15.6 Å². The lowest BCUT2D eigenvalue weighted by Crippen LogP contribution is -2.29. The number of carbonyl (C=O) groups excluding carboxylic acids is 1. The molecule has 1 fully saturated rings. The molecule has 2 aliphatic rings. The van der Waals surface area contributed by atoms with E-state index in [1.807, 2.05) is 26.0 Å². The van der Waals surface area contributed by atoms with Gasteiger partial charge in [0.25, 0.3) is 0 Å². The van der Waals surface area contributed by atoms with E-state index in [0.29, 0.717) is 30.3 Å². The summed E-state index contributed by atoms with van der Waals surface area (Å²) < 4.78 is 29.8. The number of rotatable bonds is 7. The summed E-state index contributed by atoms with van der Waals surface area (Å²) in [6.45, 7) is 4.09. The molecule has 1 aromatic heterocycles. The molecule has 32 heavy (non-hydrogen) atoms. The minimum atomic E-state index is -3.35. The van der Waals surface area contributed by atoms with Gasteiger partial charge in [-0.25, -0.2) is 18.4 Å². The van der Waals surface area contributed by atoms with Crippen molar-refractivity contribution in [2.75, 3.05) is 18.2 Å². The molecule has 168 valence electrons. The quantitative estimate of drug-likeness (QED) is 0.687. The lowest BCUT2D eigenvalue weighted by atomic mass is 9.82. The monoisotopic (exact) mass is 453 g/mol. The first kappa shape index (κ1) is 22.2. The van der Waals surface area contributed by atoms with Crippen molar-refractivity contribution in [2.45, 2.75) is 31.6 Å². The Balaban J connectivity index is 1.52. The van der Waals surface area contributed by atoms with Gasteiger partial charge in [-0.05, 0) is 50.8 Å². The summed E-state index contributed by atoms with van der Waals surface area (Å²) in [5.41, 5.74) is 0.907. The van der Waals surface area contributed by atoms with Gasteiger partial charge in [0.05, 0.1) is 23.4 Å². The number of aryl methyl sites for hydroxylation is 2. The van der Waals surface area contributed by atoms with Crippen LogP contribution < -0.4 is 10.1 Å². The molecular formula is C24H27N3O4S. The van der Waals surface area contributed by atoms with Crippen LogP contribution in [0.2, 0.25) is 0 Å². The number of anilines is 1. The van der Waals surface area contributed by atoms with Gasteiger partial charge in [-0.1, -0.05) is 30.4 Å². The Morgan fingerprint density at radius 2 is 2.09 bits per heavy atom. The molecule has 7 nitrogen and oxygen atoms in total. The summed E-state index contributed by atoms with van der Waals surface area (Å²) in [6, 6.07) is 6.34. The topological polar surface area (TPSA) is 98.2 Å². The van der Waals surface area contributed by atoms with Gasteiger partial charge in [0.2, 0.25) is 5.91 Å². The lowest BCUT2D eigenvalue weighted by molar-refractivity contribution is -0.118. The van der Waals surface area contributed by atoms with Gasteiger partial charge in [-0.15, -0.1) is 0 Å². The summed E-state index contributed by atoms with van der Waals surface area (Å²) in [6.07, 6.45) is 12.6. The van der Waals surface area contributed by atoms with Crippen LogP contribution in [0.1, 0.15) is 24.4 Å². The minimum Gasteiger partial charge on any atom is -0.489 e. The maximum Gasteiger partial charge on any atom is 0.228 e. The number of hydrogen-bond donors (Lipinski definition) is 1. The van der Waals surface area contributed by atoms with Crippen LogP contribution in [-0.2, 0) is 14.6 Å². The maximum atomic E-state index is 13.1. The highest BCUT2D eigenvalue weighted by Gasteiger charge is 2.62. The standard InChI is InChI=1S/C24H27N3O4S/c1-16-22(14-25-17(2)26-16)31-15-24(18-8-5-4-6-9-18)13-21(24)23(28)27-19-10-7-11-20(12-19)32(3,29)30/h4-8,10-12,14,18,21H,9,13,15H2,1-3H3,(H,27,28)/t18?,21-,24+/m0/s1. The lowest BCUT2D eigenvalue weighted by Gasteiger charge is -2.26. The van der Waals surface area contributed by atoms with Crippen molar-refractivity contribution in [2.24, 2.45) is 17.3 Å². The molecule has 3 atom stereocenters. The van der Waals surface area contributed by atoms with E-state index in [1.165, 1.54) is 12.1 Å². The predicted octanol–water partition coefficient (Wildman–Crippen LogP) is 3.65. The molecule has 1 heterocycles. The minimum absolute atomic E-state index is 0.126. The van der Waals surface area contributed by atoms with Gasteiger partial charge in [0, 0.05) is 23.3 Å². The Bertz CT molecular complexity index is 1210. The van der Waals surface area contributed by atoms with Crippen LogP contribution in [0.15, 0.2) is 59.7 Å². The second-order valence-corrected chi connectivity index (χ2v) is 10.6. The molecule has 2 aliphatic carbocycles. The fourth-order valence-electron chi connectivity index (χ4n) is 4.32. The van der Waals surface area contributed by atoms with E-state index >= 15 is 0 Å². The number of aromatic nitrogens is 2. The Labute approximate surface area is 188 Å². The van der Waals surface area contributed by atoms with Crippen LogP contribution >= 0.6 is 0 Å². The molecule has 0 aliphatic heterocycles. The number of allylic oxidation sites excluding steroid dienone is 4. The van der Waals surface area contributed by atoms with Crippen molar-refractivity contribution in [1.29, 1.82) is 0 Å². The summed E-state index contributed by atoms with van der Waals surface area (Å²) in [7, 11) is -3.35. The van der Waals surface area contributed by atoms with Crippen molar-refractivity contribution in [3.05, 3.63) is 66.3 Å². The maximum absolute atomic E-state index is 13.1. The molecular weight excluding hydrogens is 426 g/mol. The first-order valence-corrected chi connectivity index (χ1v) is 12.5. The third kappa shape index (κ3) is 4.60. The normalized spacial score (nSPS) is 24.2. The summed E-state index contributed by atoms with van der Waals surface area (Å²) in [4.78, 5) is 21.9. The van der Waals surface area contributed by atoms with E-state index in [1.54, 1.807) is 18.3 Å². The fraction of sp³-hybridized carbons (Fsp3) is 0.375. The SMILES string of the molecule is Cc1ncc(OC[C@@]2(C3C=CC=CC3)C[C@H]2C(=O)Nc2cccc(S(C)(=O)=O)c2)c(C)n1. The number of nitrogens with one attached hydrogen (secondary N) is 1. The van der Waals surface area contributed by atoms with Gasteiger partial charge in [0.1, 0.15) is 5.82 Å². The van der Waals surface area contributed by atoms with E-state index in [9.17, 15) is 13.2 Å². The van der Waals surface area contributed by atoms with Crippen molar-refractivity contribution in [3.63, 3.8) is 0 Å². The first-order valence-electron chi connectivity index (χ1n) is 10.6. The van der Waals surface area contributed by atoms with Gasteiger partial charge in [-0.2, -0.15) is 0 Å². The van der Waals surface area contributed by atoms with Crippen LogP contribution in [0.4, 0.5) is 5.69 Å². The zero-order chi connectivity index (χ0) is 22.9. The number of ether oxygens (including phenoxy) is 1. The predicted molar refractivity (Wildman–Crippen MR) is 122 cm³/mol. The highest BCUT2D eigenvalue weighted by molar-refractivity contribution is 7.90. The molecule has 4 rings (SSSR count). The van der Waals surface area contributed by atoms with E-state index in [0.717, 1.165) is 18.4 Å². The molecule has 0 radical (unpaired) electrons. The van der Waals surface area contributed by atoms with E-state index in [4.69, 9.17) is 4.74 Å². The smallest absolute Gasteiger partial charge is 0.228 e. The average molecular weight is 454 g/mol. The molecule has 2 aromatic rings. The van der Waals surface area contributed by atoms with Crippen LogP contribution in [0.25, 0.3) is 0 Å². The van der Waals surface area contributed by atoms with Gasteiger partial charge >= 0.3 is 0 Å². The zero-order valence-electron chi connectivity index (χ0n) is 18.4. The Hall–Kier alpha value is -3.00. The van der Waals surface area contributed by atoms with Crippen molar-refractivity contribution in [1.82, 2.24) is 9.97 Å². The largest absolute Gasteiger partial charge is 0.489 e. The molecule has 1 unspecified atom stereocenters. The number of benzene rings is 1. The second kappa shape index (κ2) is 8.50. The van der Waals surface area contributed by atoms with Crippen molar-refractivity contribution in [3.8, 4) is 5.75 Å². The molecule has 8 heteroatoms. The van der Waals surface area contributed by atoms with Crippen LogP contribution in [0, 0.1) is 31.1 Å². The van der Waals surface area contributed by atoms with Crippen LogP contribution in [-0.4, -0.2) is 37.2 Å². The molecule has 0 saturated heterocycles. The summed E-state index contributed by atoms with van der Waals surface area (Å²) >= 11 is 0. The summed E-state index contributed by atoms with van der Waals surface area (Å²) in [5, 5.41) is 2.90. The first-order chi connectivity index (χ1) is 15.2. The average Bonchev–Trinajstić information content (AvgIpc) is 3.49. The van der Waals surface area contributed by atoms with E-state index in [-0.39, 0.29) is 28.1 Å². The van der Waals surface area contributed by atoms with Crippen LogP contribution in [0.5, 0.6) is 5.75 Å². The van der Waals surface area contributed by atoms with Gasteiger partial charge < -0.3 is 10.1 Å². The third-order valence-electron chi connectivity index (χ3n) is 6.23. The van der Waals surface area contributed by atoms with Crippen LogP contribution in [0.3, 0.4) is 0 Å². The molecule has 1 aromatic carbocycles.